The molecule has 162 valence electrons. The molecular weight excluding hydrogens is 417 g/mol. The van der Waals surface area contributed by atoms with E-state index in [1.165, 1.54) is 12.3 Å². The minimum Gasteiger partial charge on any atom is -0.432 e. The first-order valence-electron chi connectivity index (χ1n) is 8.82. The maximum absolute atomic E-state index is 13.8. The number of alkyl halides is 2. The molecule has 2 aromatic heterocycles. The number of nitrogens with zero attached hydrogens (tertiary/aromatic N) is 4. The second-order valence-corrected chi connectivity index (χ2v) is 6.16. The number of aliphatic imine (C=N–C) groups is 1. The number of nitrogens with two attached hydrogens (primary N) is 1. The Bertz CT molecular complexity index is 1180. The molecule has 0 radical (unpaired) electrons. The summed E-state index contributed by atoms with van der Waals surface area (Å²) in [7, 11) is 1.83. The molecule has 3 N–H and O–H groups in total. The van der Waals surface area contributed by atoms with E-state index < -0.39 is 28.8 Å². The van der Waals surface area contributed by atoms with Crippen molar-refractivity contribution in [1.82, 2.24) is 9.55 Å². The lowest BCUT2D eigenvalue weighted by Gasteiger charge is -2.11. The van der Waals surface area contributed by atoms with Gasteiger partial charge < -0.3 is 20.4 Å². The van der Waals surface area contributed by atoms with Gasteiger partial charge in [-0.25, -0.2) is 0 Å². The van der Waals surface area contributed by atoms with Gasteiger partial charge in [0.05, 0.1) is 34.0 Å². The van der Waals surface area contributed by atoms with E-state index in [9.17, 15) is 23.3 Å². The fraction of sp³-hybridized carbons (Fsp3) is 0.158. The molecule has 12 heteroatoms. The van der Waals surface area contributed by atoms with Crippen molar-refractivity contribution in [2.24, 2.45) is 17.8 Å². The van der Waals surface area contributed by atoms with E-state index in [4.69, 9.17) is 5.73 Å². The largest absolute Gasteiger partial charge is 0.432 e. The van der Waals surface area contributed by atoms with E-state index in [0.717, 1.165) is 11.6 Å². The highest BCUT2D eigenvalue weighted by Crippen LogP contribution is 2.33. The Hall–Kier alpha value is -3.93. The first-order chi connectivity index (χ1) is 14.8. The summed E-state index contributed by atoms with van der Waals surface area (Å²) in [5.74, 6) is -1.89. The number of rotatable bonds is 8. The molecule has 0 saturated heterocycles. The van der Waals surface area contributed by atoms with Gasteiger partial charge in [0.1, 0.15) is 0 Å². The average molecular weight is 434 g/mol. The summed E-state index contributed by atoms with van der Waals surface area (Å²) in [4.78, 5) is 18.6. The van der Waals surface area contributed by atoms with Gasteiger partial charge in [-0.05, 0) is 18.2 Å². The molecule has 0 bridgehead atoms. The van der Waals surface area contributed by atoms with Crippen LogP contribution in [-0.2, 0) is 7.05 Å². The lowest BCUT2D eigenvalue weighted by atomic mass is 10.1. The van der Waals surface area contributed by atoms with Crippen LogP contribution in [0.4, 0.5) is 24.5 Å². The Morgan fingerprint density at radius 3 is 2.94 bits per heavy atom. The Kier molecular flexibility index (Phi) is 6.50. The van der Waals surface area contributed by atoms with Crippen molar-refractivity contribution in [2.45, 2.75) is 6.61 Å². The van der Waals surface area contributed by atoms with Crippen LogP contribution >= 0.6 is 0 Å². The number of aromatic nitrogens is 2. The number of hydrogen-bond donors (Lipinski definition) is 2. The molecule has 31 heavy (non-hydrogen) atoms. The number of nitro benzene ring substituents is 1. The van der Waals surface area contributed by atoms with E-state index in [0.29, 0.717) is 22.9 Å². The molecule has 2 heterocycles. The molecule has 0 fully saturated rings. The van der Waals surface area contributed by atoms with E-state index in [2.05, 4.69) is 20.0 Å². The number of nitro groups is 1. The first-order valence-corrected chi connectivity index (χ1v) is 8.82. The summed E-state index contributed by atoms with van der Waals surface area (Å²) in [6.45, 7) is -3.29. The maximum atomic E-state index is 13.8. The van der Waals surface area contributed by atoms with Crippen LogP contribution in [0.1, 0.15) is 5.56 Å². The average Bonchev–Trinajstić information content (AvgIpc) is 3.05. The summed E-state index contributed by atoms with van der Waals surface area (Å²) < 4.78 is 45.2. The number of anilines is 1. The fourth-order valence-corrected chi connectivity index (χ4v) is 2.93. The number of benzene rings is 1. The van der Waals surface area contributed by atoms with Gasteiger partial charge in [0.15, 0.2) is 5.75 Å². The topological polar surface area (TPSA) is 121 Å². The van der Waals surface area contributed by atoms with Gasteiger partial charge in [0.25, 0.3) is 0 Å². The zero-order valence-corrected chi connectivity index (χ0v) is 16.1. The minimum absolute atomic E-state index is 0.0370. The van der Waals surface area contributed by atoms with Crippen LogP contribution in [0.5, 0.6) is 5.75 Å². The van der Waals surface area contributed by atoms with Gasteiger partial charge in [0.2, 0.25) is 5.82 Å². The number of hydrogen-bond acceptors (Lipinski definition) is 7. The maximum Gasteiger partial charge on any atom is 0.387 e. The number of ether oxygens (including phenoxy) is 1. The normalized spacial score (nSPS) is 12.1. The lowest BCUT2D eigenvalue weighted by Crippen LogP contribution is -2.07. The summed E-state index contributed by atoms with van der Waals surface area (Å²) in [6, 6.07) is 4.94. The summed E-state index contributed by atoms with van der Waals surface area (Å²) in [5.41, 5.74) is 7.04. The first kappa shape index (κ1) is 21.8. The Balaban J connectivity index is 1.95. The minimum atomic E-state index is -3.25. The highest BCUT2D eigenvalue weighted by atomic mass is 19.3. The molecule has 3 rings (SSSR count). The number of allylic oxidation sites excluding steroid dienone is 1. The van der Waals surface area contributed by atoms with Crippen LogP contribution in [0.15, 0.2) is 53.9 Å². The van der Waals surface area contributed by atoms with Crippen LogP contribution in [-0.4, -0.2) is 33.5 Å². The van der Waals surface area contributed by atoms with Crippen molar-refractivity contribution < 1.29 is 22.8 Å². The number of nitrogens with one attached hydrogen (secondary N) is 1. The third-order valence-electron chi connectivity index (χ3n) is 4.22. The molecule has 0 unspecified atom stereocenters. The number of aryl methyl sites for hydroxylation is 1. The van der Waals surface area contributed by atoms with Gasteiger partial charge >= 0.3 is 12.3 Å². The number of halogens is 3. The highest BCUT2D eigenvalue weighted by molar-refractivity contribution is 6.15. The zero-order valence-electron chi connectivity index (χ0n) is 16.1. The molecule has 3 aromatic rings. The van der Waals surface area contributed by atoms with E-state index in [1.54, 1.807) is 18.5 Å². The predicted octanol–water partition coefficient (Wildman–Crippen LogP) is 3.55. The third-order valence-corrected chi connectivity index (χ3v) is 4.22. The van der Waals surface area contributed by atoms with Crippen molar-refractivity contribution in [3.63, 3.8) is 0 Å². The fourth-order valence-electron chi connectivity index (χ4n) is 2.93. The molecule has 9 nitrogen and oxygen atoms in total. The standard InChI is InChI=1S/C19H17F3N6O3/c1-27-9-11(18-15(27)3-2-5-25-18)13(26-10-23)4-6-24-14-8-16(28(29)30)12(20)7-17(14)31-19(21)22/h2-9,19,24H,10,23H2,1H3/b6-4-,26-13+. The Morgan fingerprint density at radius 2 is 2.26 bits per heavy atom. The van der Waals surface area contributed by atoms with Crippen LogP contribution in [0.2, 0.25) is 0 Å². The van der Waals surface area contributed by atoms with Crippen LogP contribution < -0.4 is 15.8 Å². The summed E-state index contributed by atoms with van der Waals surface area (Å²) in [5, 5.41) is 13.6. The molecule has 0 atom stereocenters. The lowest BCUT2D eigenvalue weighted by molar-refractivity contribution is -0.387. The molecule has 0 aliphatic heterocycles. The van der Waals surface area contributed by atoms with Gasteiger partial charge in [-0.1, -0.05) is 0 Å². The van der Waals surface area contributed by atoms with Crippen LogP contribution in [0.25, 0.3) is 11.0 Å². The van der Waals surface area contributed by atoms with Crippen LogP contribution in [0.3, 0.4) is 0 Å². The van der Waals surface area contributed by atoms with Crippen molar-refractivity contribution in [1.29, 1.82) is 0 Å². The van der Waals surface area contributed by atoms with Crippen molar-refractivity contribution in [3.05, 3.63) is 70.4 Å². The van der Waals surface area contributed by atoms with Crippen LogP contribution in [0, 0.1) is 15.9 Å². The quantitative estimate of drug-likeness (QED) is 0.318. The second kappa shape index (κ2) is 9.26. The molecule has 0 aliphatic carbocycles. The predicted molar refractivity (Wildman–Crippen MR) is 109 cm³/mol. The van der Waals surface area contributed by atoms with Crippen molar-refractivity contribution >= 4 is 28.1 Å². The van der Waals surface area contributed by atoms with Crippen molar-refractivity contribution in [3.8, 4) is 5.75 Å². The monoisotopic (exact) mass is 434 g/mol. The molecule has 0 amide bonds. The van der Waals surface area contributed by atoms with Gasteiger partial charge in [-0.3, -0.25) is 20.1 Å². The molecular formula is C19H17F3N6O3. The van der Waals surface area contributed by atoms with Gasteiger partial charge in [-0.2, -0.15) is 13.2 Å². The summed E-state index contributed by atoms with van der Waals surface area (Å²) >= 11 is 0. The zero-order chi connectivity index (χ0) is 22.5. The molecule has 1 aromatic carbocycles. The smallest absolute Gasteiger partial charge is 0.387 e. The number of pyridine rings is 1. The third kappa shape index (κ3) is 4.80. The molecule has 0 aliphatic rings. The molecule has 0 spiro atoms. The van der Waals surface area contributed by atoms with E-state index in [1.807, 2.05) is 17.7 Å². The van der Waals surface area contributed by atoms with E-state index in [-0.39, 0.29) is 12.4 Å². The Morgan fingerprint density at radius 1 is 1.48 bits per heavy atom. The van der Waals surface area contributed by atoms with Gasteiger partial charge in [-0.15, -0.1) is 0 Å². The summed E-state index contributed by atoms with van der Waals surface area (Å²) in [6.07, 6.45) is 6.20. The van der Waals surface area contributed by atoms with Gasteiger partial charge in [0, 0.05) is 43.3 Å². The Labute approximate surface area is 173 Å². The SMILES string of the molecule is Cn1cc(C(/C=C\Nc2cc([N+](=O)[O-])c(F)cc2OC(F)F)=N/CN)c2ncccc21. The van der Waals surface area contributed by atoms with E-state index >= 15 is 0 Å². The molecule has 0 saturated carbocycles. The number of fused-ring (bicyclic) bond motifs is 1. The second-order valence-electron chi connectivity index (χ2n) is 6.16. The highest BCUT2D eigenvalue weighted by Gasteiger charge is 2.21. The van der Waals surface area contributed by atoms with Crippen molar-refractivity contribution in [2.75, 3.05) is 12.0 Å².